The lowest BCUT2D eigenvalue weighted by molar-refractivity contribution is 0.328. The molecule has 0 radical (unpaired) electrons. The highest BCUT2D eigenvalue weighted by Gasteiger charge is 2.37. The molecule has 3 aliphatic carbocycles. The molecule has 0 amide bonds. The molecular formula is C8H11BCl2. The Morgan fingerprint density at radius 3 is 2.27 bits per heavy atom. The Balaban J connectivity index is 2.11. The zero-order valence-corrected chi connectivity index (χ0v) is 7.85. The van der Waals surface area contributed by atoms with Gasteiger partial charge in [0.1, 0.15) is 0 Å². The van der Waals surface area contributed by atoms with Crippen LogP contribution in [0.2, 0.25) is 5.82 Å². The third-order valence-corrected chi connectivity index (χ3v) is 3.60. The minimum atomic E-state index is -0.159. The fourth-order valence-electron chi connectivity index (χ4n) is 2.27. The smallest absolute Gasteiger partial charge is 0.171 e. The van der Waals surface area contributed by atoms with Gasteiger partial charge in [-0.2, -0.15) is 22.9 Å². The Hall–Kier alpha value is 0.385. The molecular weight excluding hydrogens is 178 g/mol. The van der Waals surface area contributed by atoms with Gasteiger partial charge in [-0.1, -0.05) is 12.2 Å². The highest BCUT2D eigenvalue weighted by molar-refractivity contribution is 7.34. The number of hydrogen-bond donors (Lipinski definition) is 0. The van der Waals surface area contributed by atoms with Crippen LogP contribution in [0.25, 0.3) is 0 Å². The Labute approximate surface area is 77.9 Å². The van der Waals surface area contributed by atoms with Crippen molar-refractivity contribution in [2.75, 3.05) is 0 Å². The third-order valence-electron chi connectivity index (χ3n) is 2.95. The Morgan fingerprint density at radius 2 is 2.00 bits per heavy atom. The second kappa shape index (κ2) is 3.03. The van der Waals surface area contributed by atoms with Crippen LogP contribution in [0.1, 0.15) is 19.3 Å². The minimum absolute atomic E-state index is 0.159. The molecule has 0 aliphatic heterocycles. The van der Waals surface area contributed by atoms with Gasteiger partial charge in [0.15, 0.2) is 0 Å². The molecule has 0 spiro atoms. The highest BCUT2D eigenvalue weighted by Crippen LogP contribution is 2.46. The van der Waals surface area contributed by atoms with Gasteiger partial charge in [0.05, 0.1) is 0 Å². The van der Waals surface area contributed by atoms with Crippen LogP contribution < -0.4 is 0 Å². The van der Waals surface area contributed by atoms with E-state index < -0.39 is 0 Å². The van der Waals surface area contributed by atoms with Crippen LogP contribution in [0.5, 0.6) is 0 Å². The summed E-state index contributed by atoms with van der Waals surface area (Å²) in [5, 5.41) is 0. The zero-order chi connectivity index (χ0) is 7.84. The number of fused-ring (bicyclic) bond motifs is 2. The van der Waals surface area contributed by atoms with E-state index in [-0.39, 0.29) is 5.54 Å². The van der Waals surface area contributed by atoms with Gasteiger partial charge in [0, 0.05) is 0 Å². The molecule has 1 saturated carbocycles. The first-order valence-electron chi connectivity index (χ1n) is 4.24. The average Bonchev–Trinajstić information content (AvgIpc) is 2.06. The van der Waals surface area contributed by atoms with Crippen LogP contribution in [0, 0.1) is 11.8 Å². The predicted octanol–water partition coefficient (Wildman–Crippen LogP) is 3.31. The maximum absolute atomic E-state index is 5.88. The van der Waals surface area contributed by atoms with Crippen LogP contribution >= 0.6 is 22.9 Å². The quantitative estimate of drug-likeness (QED) is 0.438. The van der Waals surface area contributed by atoms with E-state index in [4.69, 9.17) is 22.9 Å². The van der Waals surface area contributed by atoms with Gasteiger partial charge >= 0.3 is 5.54 Å². The lowest BCUT2D eigenvalue weighted by Gasteiger charge is -2.37. The second-order valence-corrected chi connectivity index (χ2v) is 4.78. The van der Waals surface area contributed by atoms with E-state index in [9.17, 15) is 0 Å². The fourth-order valence-corrected chi connectivity index (χ4v) is 2.85. The van der Waals surface area contributed by atoms with Crippen LogP contribution in [0.3, 0.4) is 0 Å². The van der Waals surface area contributed by atoms with Crippen molar-refractivity contribution < 1.29 is 0 Å². The first-order valence-corrected chi connectivity index (χ1v) is 5.11. The molecule has 3 heteroatoms. The molecule has 3 aliphatic rings. The predicted molar refractivity (Wildman–Crippen MR) is 51.2 cm³/mol. The largest absolute Gasteiger partial charge is 0.355 e. The minimum Gasteiger partial charge on any atom is -0.171 e. The molecule has 2 unspecified atom stereocenters. The van der Waals surface area contributed by atoms with E-state index in [2.05, 4.69) is 12.2 Å². The summed E-state index contributed by atoms with van der Waals surface area (Å²) in [4.78, 5) is 0. The van der Waals surface area contributed by atoms with Gasteiger partial charge in [-0.15, -0.1) is 0 Å². The van der Waals surface area contributed by atoms with Crippen molar-refractivity contribution in [3.8, 4) is 0 Å². The van der Waals surface area contributed by atoms with Gasteiger partial charge in [-0.25, -0.2) is 0 Å². The van der Waals surface area contributed by atoms with Crippen LogP contribution in [0.4, 0.5) is 0 Å². The summed E-state index contributed by atoms with van der Waals surface area (Å²) in [7, 11) is 0. The SMILES string of the molecule is ClB(Cl)C1CC2C=C[C@@H]1CC2. The number of allylic oxidation sites excluding steroid dienone is 2. The van der Waals surface area contributed by atoms with Crippen molar-refractivity contribution >= 4 is 28.5 Å². The van der Waals surface area contributed by atoms with Crippen molar-refractivity contribution in [1.29, 1.82) is 0 Å². The molecule has 0 heterocycles. The number of rotatable bonds is 1. The number of hydrogen-bond acceptors (Lipinski definition) is 0. The van der Waals surface area contributed by atoms with E-state index in [1.54, 1.807) is 0 Å². The molecule has 3 rings (SSSR count). The summed E-state index contributed by atoms with van der Waals surface area (Å²) in [6.45, 7) is 0. The van der Waals surface area contributed by atoms with E-state index in [0.717, 1.165) is 5.92 Å². The monoisotopic (exact) mass is 188 g/mol. The molecule has 1 fully saturated rings. The molecule has 0 aromatic rings. The van der Waals surface area contributed by atoms with Crippen molar-refractivity contribution in [3.63, 3.8) is 0 Å². The van der Waals surface area contributed by atoms with E-state index >= 15 is 0 Å². The summed E-state index contributed by atoms with van der Waals surface area (Å²) in [5.74, 6) is 1.96. The summed E-state index contributed by atoms with van der Waals surface area (Å²) in [5.41, 5.74) is -0.159. The summed E-state index contributed by atoms with van der Waals surface area (Å²) < 4.78 is 0. The molecule has 0 nitrogen and oxygen atoms in total. The third kappa shape index (κ3) is 1.46. The Kier molecular flexibility index (Phi) is 2.20. The molecule has 0 N–H and O–H groups in total. The molecule has 3 atom stereocenters. The van der Waals surface area contributed by atoms with Crippen molar-refractivity contribution in [2.45, 2.75) is 25.1 Å². The lowest BCUT2D eigenvalue weighted by Crippen LogP contribution is -2.28. The van der Waals surface area contributed by atoms with E-state index in [0.29, 0.717) is 11.7 Å². The molecule has 11 heavy (non-hydrogen) atoms. The summed E-state index contributed by atoms with van der Waals surface area (Å²) in [6, 6.07) is 0. The van der Waals surface area contributed by atoms with E-state index in [1.165, 1.54) is 19.3 Å². The number of halogens is 2. The molecule has 0 aromatic heterocycles. The molecule has 2 bridgehead atoms. The maximum atomic E-state index is 5.88. The molecule has 60 valence electrons. The Morgan fingerprint density at radius 1 is 1.18 bits per heavy atom. The Bertz CT molecular complexity index is 179. The maximum Gasteiger partial charge on any atom is 0.355 e. The standard InChI is InChI=1S/C8H11BCl2/c10-9(11)8-5-6-1-3-7(8)4-2-6/h1,3,6-8H,2,4-5H2/t6?,7-,8?/m1/s1. The van der Waals surface area contributed by atoms with Gasteiger partial charge in [-0.05, 0) is 36.9 Å². The molecule has 0 saturated heterocycles. The normalized spacial score (nSPS) is 41.1. The summed E-state index contributed by atoms with van der Waals surface area (Å²) in [6.07, 6.45) is 8.49. The molecule has 0 aromatic carbocycles. The van der Waals surface area contributed by atoms with Crippen molar-refractivity contribution in [1.82, 2.24) is 0 Å². The van der Waals surface area contributed by atoms with Crippen LogP contribution in [-0.4, -0.2) is 5.54 Å². The lowest BCUT2D eigenvalue weighted by atomic mass is 9.60. The average molecular weight is 189 g/mol. The second-order valence-electron chi connectivity index (χ2n) is 3.62. The first-order chi connectivity index (χ1) is 5.27. The van der Waals surface area contributed by atoms with Gasteiger partial charge in [-0.3, -0.25) is 0 Å². The van der Waals surface area contributed by atoms with Gasteiger partial charge in [0.25, 0.3) is 0 Å². The van der Waals surface area contributed by atoms with Gasteiger partial charge < -0.3 is 0 Å². The van der Waals surface area contributed by atoms with Crippen LogP contribution in [-0.2, 0) is 0 Å². The van der Waals surface area contributed by atoms with Crippen molar-refractivity contribution in [2.24, 2.45) is 11.8 Å². The highest BCUT2D eigenvalue weighted by atomic mass is 35.5. The topological polar surface area (TPSA) is 0 Å². The van der Waals surface area contributed by atoms with E-state index in [1.807, 2.05) is 0 Å². The zero-order valence-electron chi connectivity index (χ0n) is 6.34. The summed E-state index contributed by atoms with van der Waals surface area (Å²) >= 11 is 11.8. The fraction of sp³-hybridized carbons (Fsp3) is 0.750. The van der Waals surface area contributed by atoms with Crippen LogP contribution in [0.15, 0.2) is 12.2 Å². The van der Waals surface area contributed by atoms with Crippen molar-refractivity contribution in [3.05, 3.63) is 12.2 Å². The van der Waals surface area contributed by atoms with Gasteiger partial charge in [0.2, 0.25) is 0 Å². The first kappa shape index (κ1) is 8.00.